The lowest BCUT2D eigenvalue weighted by atomic mass is 9.90. The molecule has 1 fully saturated rings. The molecule has 1 aromatic heterocycles. The number of nitrogens with zero attached hydrogens (tertiary/aromatic N) is 2. The van der Waals surface area contributed by atoms with Crippen molar-refractivity contribution in [2.75, 3.05) is 18.4 Å². The fourth-order valence-electron chi connectivity index (χ4n) is 3.93. The number of likely N-dealkylation sites (tertiary alicyclic amines) is 1. The Kier molecular flexibility index (Phi) is 5.25. The molecule has 150 valence electrons. The van der Waals surface area contributed by atoms with Crippen molar-refractivity contribution in [1.82, 2.24) is 9.88 Å². The number of anilines is 1. The zero-order valence-electron chi connectivity index (χ0n) is 16.2. The van der Waals surface area contributed by atoms with E-state index in [0.717, 1.165) is 23.3 Å². The molecule has 0 saturated carbocycles. The highest BCUT2D eigenvalue weighted by Crippen LogP contribution is 2.35. The first-order chi connectivity index (χ1) is 14.7. The lowest BCUT2D eigenvalue weighted by Gasteiger charge is -2.43. The Bertz CT molecular complexity index is 1130. The Labute approximate surface area is 184 Å². The first-order valence-electron chi connectivity index (χ1n) is 9.88. The molecule has 0 radical (unpaired) electrons. The first-order valence-corrected chi connectivity index (χ1v) is 11.1. The number of carbonyl (C=O) groups excluding carboxylic acids is 1. The van der Waals surface area contributed by atoms with Crippen molar-refractivity contribution in [2.24, 2.45) is 5.92 Å². The molecular weight excluding hydrogens is 414 g/mol. The number of benzene rings is 3. The van der Waals surface area contributed by atoms with Crippen LogP contribution in [0.4, 0.5) is 5.13 Å². The standard InChI is InChI=1S/C24H20ClN3OS/c25-19-11-12-20-21(13-19)30-24(26-20)27-23(29)18-14-28(15-18)22(16-7-3-1-4-8-16)17-9-5-2-6-10-17/h1-13,18,22H,14-15H2,(H,26,27,29). The lowest BCUT2D eigenvalue weighted by Crippen LogP contribution is -2.53. The number of carbonyl (C=O) groups is 1. The van der Waals surface area contributed by atoms with Crippen LogP contribution in [-0.2, 0) is 4.79 Å². The van der Waals surface area contributed by atoms with E-state index in [-0.39, 0.29) is 17.9 Å². The molecule has 2 heterocycles. The third-order valence-electron chi connectivity index (χ3n) is 5.46. The van der Waals surface area contributed by atoms with Gasteiger partial charge in [0.25, 0.3) is 0 Å². The quantitative estimate of drug-likeness (QED) is 0.445. The number of hydrogen-bond donors (Lipinski definition) is 1. The molecule has 1 saturated heterocycles. The van der Waals surface area contributed by atoms with Crippen molar-refractivity contribution in [3.63, 3.8) is 0 Å². The van der Waals surface area contributed by atoms with Gasteiger partial charge in [-0.15, -0.1) is 0 Å². The first kappa shape index (κ1) is 19.2. The highest BCUT2D eigenvalue weighted by atomic mass is 35.5. The Morgan fingerprint density at radius 3 is 2.27 bits per heavy atom. The predicted molar refractivity (Wildman–Crippen MR) is 123 cm³/mol. The van der Waals surface area contributed by atoms with Crippen molar-refractivity contribution in [2.45, 2.75) is 6.04 Å². The molecule has 0 atom stereocenters. The number of fused-ring (bicyclic) bond motifs is 1. The van der Waals surface area contributed by atoms with Crippen LogP contribution in [0.15, 0.2) is 78.9 Å². The monoisotopic (exact) mass is 433 g/mol. The molecule has 1 aliphatic heterocycles. The van der Waals surface area contributed by atoms with Crippen molar-refractivity contribution >= 4 is 44.2 Å². The molecule has 0 spiro atoms. The number of rotatable bonds is 5. The highest BCUT2D eigenvalue weighted by Gasteiger charge is 2.38. The van der Waals surface area contributed by atoms with E-state index in [9.17, 15) is 4.79 Å². The molecule has 5 rings (SSSR count). The maximum absolute atomic E-state index is 12.8. The van der Waals surface area contributed by atoms with E-state index in [2.05, 4.69) is 63.7 Å². The van der Waals surface area contributed by atoms with Gasteiger partial charge in [-0.1, -0.05) is 83.6 Å². The van der Waals surface area contributed by atoms with Gasteiger partial charge in [-0.25, -0.2) is 4.98 Å². The molecule has 30 heavy (non-hydrogen) atoms. The second-order valence-electron chi connectivity index (χ2n) is 7.50. The summed E-state index contributed by atoms with van der Waals surface area (Å²) < 4.78 is 0.973. The van der Waals surface area contributed by atoms with Gasteiger partial charge in [0.05, 0.1) is 22.2 Å². The Morgan fingerprint density at radius 1 is 1.00 bits per heavy atom. The largest absolute Gasteiger partial charge is 0.302 e. The third kappa shape index (κ3) is 3.84. The van der Waals surface area contributed by atoms with E-state index >= 15 is 0 Å². The Morgan fingerprint density at radius 2 is 1.63 bits per heavy atom. The van der Waals surface area contributed by atoms with Crippen LogP contribution in [0.5, 0.6) is 0 Å². The van der Waals surface area contributed by atoms with E-state index in [0.29, 0.717) is 10.2 Å². The summed E-state index contributed by atoms with van der Waals surface area (Å²) in [5.41, 5.74) is 3.33. The fraction of sp³-hybridized carbons (Fsp3) is 0.167. The molecule has 6 heteroatoms. The summed E-state index contributed by atoms with van der Waals surface area (Å²) in [6.07, 6.45) is 0. The topological polar surface area (TPSA) is 45.2 Å². The van der Waals surface area contributed by atoms with Gasteiger partial charge in [-0.05, 0) is 29.3 Å². The van der Waals surface area contributed by atoms with Crippen LogP contribution >= 0.6 is 22.9 Å². The lowest BCUT2D eigenvalue weighted by molar-refractivity contribution is -0.125. The van der Waals surface area contributed by atoms with Gasteiger partial charge in [-0.2, -0.15) is 0 Å². The summed E-state index contributed by atoms with van der Waals surface area (Å²) in [5, 5.41) is 4.29. The molecule has 1 amide bonds. The van der Waals surface area contributed by atoms with Gasteiger partial charge in [0.15, 0.2) is 5.13 Å². The van der Waals surface area contributed by atoms with Crippen molar-refractivity contribution in [3.05, 3.63) is 95.0 Å². The molecule has 4 nitrogen and oxygen atoms in total. The maximum atomic E-state index is 12.8. The van der Waals surface area contributed by atoms with E-state index in [1.807, 2.05) is 30.3 Å². The number of halogens is 1. The normalized spacial score (nSPS) is 14.7. The minimum Gasteiger partial charge on any atom is -0.302 e. The van der Waals surface area contributed by atoms with Gasteiger partial charge in [0.2, 0.25) is 5.91 Å². The highest BCUT2D eigenvalue weighted by molar-refractivity contribution is 7.22. The molecule has 1 aliphatic rings. The number of nitrogens with one attached hydrogen (secondary N) is 1. The van der Waals surface area contributed by atoms with Gasteiger partial charge in [0.1, 0.15) is 0 Å². The van der Waals surface area contributed by atoms with E-state index in [1.54, 1.807) is 0 Å². The summed E-state index contributed by atoms with van der Waals surface area (Å²) >= 11 is 7.50. The number of hydrogen-bond acceptors (Lipinski definition) is 4. The summed E-state index contributed by atoms with van der Waals surface area (Å²) in [6.45, 7) is 1.44. The van der Waals surface area contributed by atoms with Crippen LogP contribution in [0.2, 0.25) is 5.02 Å². The third-order valence-corrected chi connectivity index (χ3v) is 6.63. The van der Waals surface area contributed by atoms with E-state index in [1.165, 1.54) is 22.5 Å². The molecule has 1 N–H and O–H groups in total. The Hall–Kier alpha value is -2.73. The minimum absolute atomic E-state index is 0.0243. The average molecular weight is 434 g/mol. The van der Waals surface area contributed by atoms with Gasteiger partial charge < -0.3 is 5.32 Å². The zero-order valence-corrected chi connectivity index (χ0v) is 17.7. The van der Waals surface area contributed by atoms with Gasteiger partial charge in [0, 0.05) is 18.1 Å². The minimum atomic E-state index is -0.0458. The van der Waals surface area contributed by atoms with Crippen LogP contribution in [0.25, 0.3) is 10.2 Å². The summed E-state index contributed by atoms with van der Waals surface area (Å²) in [6, 6.07) is 26.6. The molecular formula is C24H20ClN3OS. The van der Waals surface area contributed by atoms with Crippen LogP contribution in [0, 0.1) is 5.92 Å². The molecule has 0 aliphatic carbocycles. The van der Waals surface area contributed by atoms with Crippen LogP contribution in [0.3, 0.4) is 0 Å². The van der Waals surface area contributed by atoms with E-state index in [4.69, 9.17) is 11.6 Å². The van der Waals surface area contributed by atoms with Crippen LogP contribution in [-0.4, -0.2) is 28.9 Å². The van der Waals surface area contributed by atoms with Crippen LogP contribution < -0.4 is 5.32 Å². The molecule has 4 aromatic rings. The molecule has 0 bridgehead atoms. The SMILES string of the molecule is O=C(Nc1nc2ccc(Cl)cc2s1)C1CN(C(c2ccccc2)c2ccccc2)C1. The zero-order chi connectivity index (χ0) is 20.5. The second kappa shape index (κ2) is 8.19. The predicted octanol–water partition coefficient (Wildman–Crippen LogP) is 5.61. The smallest absolute Gasteiger partial charge is 0.231 e. The second-order valence-corrected chi connectivity index (χ2v) is 8.96. The van der Waals surface area contributed by atoms with Gasteiger partial charge in [-0.3, -0.25) is 9.69 Å². The van der Waals surface area contributed by atoms with Gasteiger partial charge >= 0.3 is 0 Å². The maximum Gasteiger partial charge on any atom is 0.231 e. The van der Waals surface area contributed by atoms with Crippen LogP contribution in [0.1, 0.15) is 17.2 Å². The number of aromatic nitrogens is 1. The molecule has 3 aromatic carbocycles. The average Bonchev–Trinajstić information content (AvgIpc) is 3.12. The number of amides is 1. The van der Waals surface area contributed by atoms with Crippen molar-refractivity contribution in [1.29, 1.82) is 0 Å². The Balaban J connectivity index is 1.29. The summed E-state index contributed by atoms with van der Waals surface area (Å²) in [4.78, 5) is 19.6. The summed E-state index contributed by atoms with van der Waals surface area (Å²) in [7, 11) is 0. The van der Waals surface area contributed by atoms with Crippen molar-refractivity contribution in [3.8, 4) is 0 Å². The molecule has 0 unspecified atom stereocenters. The van der Waals surface area contributed by atoms with Crippen molar-refractivity contribution < 1.29 is 4.79 Å². The fourth-order valence-corrected chi connectivity index (χ4v) is 5.08. The number of thiazole rings is 1. The van der Waals surface area contributed by atoms with E-state index < -0.39 is 0 Å². The summed E-state index contributed by atoms with van der Waals surface area (Å²) in [5.74, 6) is -0.0215.